The third-order valence-electron chi connectivity index (χ3n) is 4.55. The van der Waals surface area contributed by atoms with Crippen LogP contribution in [-0.4, -0.2) is 33.3 Å². The number of hydrogen-bond acceptors (Lipinski definition) is 6. The average molecular weight is 323 g/mol. The molecule has 6 nitrogen and oxygen atoms in total. The van der Waals surface area contributed by atoms with Gasteiger partial charge >= 0.3 is 0 Å². The first-order chi connectivity index (χ1) is 11.8. The van der Waals surface area contributed by atoms with Gasteiger partial charge in [0.05, 0.1) is 12.3 Å². The summed E-state index contributed by atoms with van der Waals surface area (Å²) in [5.41, 5.74) is 4.48. The van der Waals surface area contributed by atoms with E-state index in [9.17, 15) is 0 Å². The van der Waals surface area contributed by atoms with E-state index in [1.165, 1.54) is 5.56 Å². The average Bonchev–Trinajstić information content (AvgIpc) is 3.29. The van der Waals surface area contributed by atoms with Crippen LogP contribution < -0.4 is 5.32 Å². The first-order valence-corrected chi connectivity index (χ1v) is 8.59. The molecule has 0 aromatic carbocycles. The van der Waals surface area contributed by atoms with E-state index in [0.29, 0.717) is 6.54 Å². The van der Waals surface area contributed by atoms with Crippen molar-refractivity contribution in [2.24, 2.45) is 5.16 Å². The van der Waals surface area contributed by atoms with Gasteiger partial charge < -0.3 is 10.2 Å². The molecule has 2 aromatic rings. The lowest BCUT2D eigenvalue weighted by molar-refractivity contribution is 0.0948. The molecule has 1 unspecified atom stereocenters. The van der Waals surface area contributed by atoms with E-state index in [1.807, 2.05) is 18.3 Å². The van der Waals surface area contributed by atoms with Crippen LogP contribution in [0.3, 0.4) is 0 Å². The normalized spacial score (nSPS) is 18.9. The summed E-state index contributed by atoms with van der Waals surface area (Å²) in [6, 6.07) is 3.91. The number of nitrogens with one attached hydrogen (secondary N) is 1. The van der Waals surface area contributed by atoms with Crippen molar-refractivity contribution in [1.29, 1.82) is 0 Å². The van der Waals surface area contributed by atoms with Gasteiger partial charge in [0, 0.05) is 35.6 Å². The summed E-state index contributed by atoms with van der Waals surface area (Å²) < 4.78 is 0. The molecule has 1 N–H and O–H groups in total. The molecule has 1 atom stereocenters. The maximum atomic E-state index is 5.48. The Labute approximate surface area is 141 Å². The van der Waals surface area contributed by atoms with E-state index >= 15 is 0 Å². The Morgan fingerprint density at radius 3 is 3.04 bits per heavy atom. The molecule has 0 radical (unpaired) electrons. The number of aryl methyl sites for hydroxylation is 1. The highest BCUT2D eigenvalue weighted by Crippen LogP contribution is 2.29. The molecule has 6 heteroatoms. The molecule has 0 spiro atoms. The summed E-state index contributed by atoms with van der Waals surface area (Å²) in [7, 11) is 0. The summed E-state index contributed by atoms with van der Waals surface area (Å²) in [6.07, 6.45) is 8.69. The maximum Gasteiger partial charge on any atom is 0.163 e. The lowest BCUT2D eigenvalue weighted by atomic mass is 10.1. The van der Waals surface area contributed by atoms with Crippen LogP contribution in [0.1, 0.15) is 37.4 Å². The SMILES string of the molecule is CCC1=NOC(CNc2nc(-c3cccnc3)nc3c2CCC3)C1. The van der Waals surface area contributed by atoms with Crippen LogP contribution in [0.5, 0.6) is 0 Å². The van der Waals surface area contributed by atoms with Gasteiger partial charge in [-0.3, -0.25) is 4.98 Å². The van der Waals surface area contributed by atoms with Crippen molar-refractivity contribution < 1.29 is 4.84 Å². The monoisotopic (exact) mass is 323 g/mol. The number of aromatic nitrogens is 3. The molecule has 0 saturated carbocycles. The first-order valence-electron chi connectivity index (χ1n) is 8.59. The van der Waals surface area contributed by atoms with Gasteiger partial charge in [0.2, 0.25) is 0 Å². The van der Waals surface area contributed by atoms with Crippen molar-refractivity contribution in [2.45, 2.75) is 45.1 Å². The number of fused-ring (bicyclic) bond motifs is 1. The second-order valence-corrected chi connectivity index (χ2v) is 6.24. The number of pyridine rings is 1. The zero-order valence-electron chi connectivity index (χ0n) is 13.8. The Morgan fingerprint density at radius 1 is 1.29 bits per heavy atom. The van der Waals surface area contributed by atoms with Crippen LogP contribution >= 0.6 is 0 Å². The molecule has 1 aliphatic heterocycles. The van der Waals surface area contributed by atoms with Crippen LogP contribution in [0.15, 0.2) is 29.7 Å². The van der Waals surface area contributed by atoms with Crippen molar-refractivity contribution in [2.75, 3.05) is 11.9 Å². The highest BCUT2D eigenvalue weighted by atomic mass is 16.6. The number of hydrogen-bond donors (Lipinski definition) is 1. The van der Waals surface area contributed by atoms with Gasteiger partial charge in [-0.25, -0.2) is 9.97 Å². The van der Waals surface area contributed by atoms with E-state index in [1.54, 1.807) is 6.20 Å². The second-order valence-electron chi connectivity index (χ2n) is 6.24. The highest BCUT2D eigenvalue weighted by molar-refractivity contribution is 5.85. The number of rotatable bonds is 5. The molecule has 1 aliphatic carbocycles. The lowest BCUT2D eigenvalue weighted by Gasteiger charge is -2.14. The second kappa shape index (κ2) is 6.55. The molecular weight excluding hydrogens is 302 g/mol. The molecule has 4 rings (SSSR count). The third kappa shape index (κ3) is 2.96. The molecule has 24 heavy (non-hydrogen) atoms. The van der Waals surface area contributed by atoms with Gasteiger partial charge in [0.1, 0.15) is 11.9 Å². The topological polar surface area (TPSA) is 72.3 Å². The largest absolute Gasteiger partial charge is 0.390 e. The molecule has 0 amide bonds. The minimum Gasteiger partial charge on any atom is -0.390 e. The fourth-order valence-corrected chi connectivity index (χ4v) is 3.22. The van der Waals surface area contributed by atoms with E-state index < -0.39 is 0 Å². The zero-order valence-corrected chi connectivity index (χ0v) is 13.8. The molecule has 3 heterocycles. The molecule has 2 aromatic heterocycles. The van der Waals surface area contributed by atoms with Crippen LogP contribution in [0.25, 0.3) is 11.4 Å². The maximum absolute atomic E-state index is 5.48. The molecule has 2 aliphatic rings. The predicted octanol–water partition coefficient (Wildman–Crippen LogP) is 2.99. The summed E-state index contributed by atoms with van der Waals surface area (Å²) in [6.45, 7) is 2.82. The molecule has 0 saturated heterocycles. The summed E-state index contributed by atoms with van der Waals surface area (Å²) in [5.74, 6) is 1.67. The zero-order chi connectivity index (χ0) is 16.4. The van der Waals surface area contributed by atoms with E-state index in [2.05, 4.69) is 22.4 Å². The minimum atomic E-state index is 0.0915. The summed E-state index contributed by atoms with van der Waals surface area (Å²) >= 11 is 0. The fourth-order valence-electron chi connectivity index (χ4n) is 3.22. The van der Waals surface area contributed by atoms with E-state index in [-0.39, 0.29) is 6.10 Å². The fraction of sp³-hybridized carbons (Fsp3) is 0.444. The number of oxime groups is 1. The van der Waals surface area contributed by atoms with Gasteiger partial charge in [0.15, 0.2) is 5.82 Å². The first kappa shape index (κ1) is 15.1. The van der Waals surface area contributed by atoms with Crippen LogP contribution in [0, 0.1) is 0 Å². The van der Waals surface area contributed by atoms with Crippen molar-refractivity contribution in [1.82, 2.24) is 15.0 Å². The summed E-state index contributed by atoms with van der Waals surface area (Å²) in [5, 5.41) is 7.59. The molecule has 0 bridgehead atoms. The third-order valence-corrected chi connectivity index (χ3v) is 4.55. The van der Waals surface area contributed by atoms with E-state index in [4.69, 9.17) is 14.8 Å². The van der Waals surface area contributed by atoms with E-state index in [0.717, 1.165) is 60.7 Å². The quantitative estimate of drug-likeness (QED) is 0.916. The standard InChI is InChI=1S/C18H21N5O/c1-2-13-9-14(24-23-13)11-20-18-15-6-3-7-16(15)21-17(22-18)12-5-4-8-19-10-12/h4-5,8,10,14H,2-3,6-7,9,11H2,1H3,(H,20,21,22). The van der Waals surface area contributed by atoms with Crippen molar-refractivity contribution >= 4 is 11.5 Å². The Hall–Kier alpha value is -2.50. The predicted molar refractivity (Wildman–Crippen MR) is 93.0 cm³/mol. The summed E-state index contributed by atoms with van der Waals surface area (Å²) in [4.78, 5) is 19.2. The van der Waals surface area contributed by atoms with Crippen molar-refractivity contribution in [3.63, 3.8) is 0 Å². The van der Waals surface area contributed by atoms with Crippen LogP contribution in [0.4, 0.5) is 5.82 Å². The van der Waals surface area contributed by atoms with Crippen LogP contribution in [-0.2, 0) is 17.7 Å². The van der Waals surface area contributed by atoms with Gasteiger partial charge in [-0.15, -0.1) is 0 Å². The smallest absolute Gasteiger partial charge is 0.163 e. The van der Waals surface area contributed by atoms with Crippen LogP contribution in [0.2, 0.25) is 0 Å². The van der Waals surface area contributed by atoms with Gasteiger partial charge in [0.25, 0.3) is 0 Å². The number of anilines is 1. The Bertz CT molecular complexity index is 760. The van der Waals surface area contributed by atoms with Gasteiger partial charge in [-0.1, -0.05) is 12.1 Å². The Morgan fingerprint density at radius 2 is 2.25 bits per heavy atom. The molecular formula is C18H21N5O. The highest BCUT2D eigenvalue weighted by Gasteiger charge is 2.23. The lowest BCUT2D eigenvalue weighted by Crippen LogP contribution is -2.21. The number of nitrogens with zero attached hydrogens (tertiary/aromatic N) is 4. The van der Waals surface area contributed by atoms with Crippen molar-refractivity contribution in [3.8, 4) is 11.4 Å². The van der Waals surface area contributed by atoms with Gasteiger partial charge in [-0.2, -0.15) is 0 Å². The Kier molecular flexibility index (Phi) is 4.11. The molecule has 0 fully saturated rings. The Balaban J connectivity index is 1.55. The van der Waals surface area contributed by atoms with Gasteiger partial charge in [-0.05, 0) is 37.8 Å². The van der Waals surface area contributed by atoms with Crippen molar-refractivity contribution in [3.05, 3.63) is 35.8 Å². The minimum absolute atomic E-state index is 0.0915. The molecule has 124 valence electrons.